The van der Waals surface area contributed by atoms with E-state index in [1.54, 1.807) is 24.5 Å². The van der Waals surface area contributed by atoms with Crippen molar-refractivity contribution in [3.8, 4) is 5.69 Å². The van der Waals surface area contributed by atoms with Gasteiger partial charge in [0.2, 0.25) is 0 Å². The van der Waals surface area contributed by atoms with E-state index >= 15 is 0 Å². The minimum absolute atomic E-state index is 0.233. The predicted molar refractivity (Wildman–Crippen MR) is 71.8 cm³/mol. The lowest BCUT2D eigenvalue weighted by Crippen LogP contribution is -2.02. The Morgan fingerprint density at radius 1 is 1.25 bits per heavy atom. The van der Waals surface area contributed by atoms with Crippen molar-refractivity contribution in [2.24, 2.45) is 0 Å². The van der Waals surface area contributed by atoms with E-state index in [4.69, 9.17) is 5.11 Å². The van der Waals surface area contributed by atoms with Gasteiger partial charge in [-0.05, 0) is 43.7 Å². The van der Waals surface area contributed by atoms with Crippen molar-refractivity contribution < 1.29 is 18.7 Å². The lowest BCUT2D eigenvalue weighted by atomic mass is 10.2. The first-order valence-corrected chi connectivity index (χ1v) is 5.95. The van der Waals surface area contributed by atoms with Gasteiger partial charge in [-0.15, -0.1) is 0 Å². The molecule has 0 amide bonds. The maximum absolute atomic E-state index is 13.8. The Bertz CT molecular complexity index is 702. The highest BCUT2D eigenvalue weighted by Crippen LogP contribution is 2.24. The zero-order valence-corrected chi connectivity index (χ0v) is 11.0. The van der Waals surface area contributed by atoms with Crippen molar-refractivity contribution >= 4 is 12.0 Å². The molecule has 0 bridgehead atoms. The monoisotopic (exact) mass is 277 g/mol. The second-order valence-corrected chi connectivity index (χ2v) is 4.43. The first kappa shape index (κ1) is 14.0. The van der Waals surface area contributed by atoms with Crippen LogP contribution in [0.5, 0.6) is 0 Å². The van der Waals surface area contributed by atoms with E-state index < -0.39 is 17.6 Å². The van der Waals surface area contributed by atoms with Gasteiger partial charge >= 0.3 is 5.97 Å². The van der Waals surface area contributed by atoms with E-state index in [9.17, 15) is 13.6 Å². The summed E-state index contributed by atoms with van der Waals surface area (Å²) in [6.45, 7) is 3.52. The summed E-state index contributed by atoms with van der Waals surface area (Å²) < 4.78 is 28.4. The molecule has 20 heavy (non-hydrogen) atoms. The Balaban J connectivity index is 2.55. The molecule has 1 aromatic heterocycles. The summed E-state index contributed by atoms with van der Waals surface area (Å²) >= 11 is 0. The summed E-state index contributed by atoms with van der Waals surface area (Å²) in [6, 6.07) is 5.11. The van der Waals surface area contributed by atoms with Crippen LogP contribution in [0, 0.1) is 25.5 Å². The van der Waals surface area contributed by atoms with Crippen molar-refractivity contribution in [2.45, 2.75) is 13.8 Å². The highest BCUT2D eigenvalue weighted by Gasteiger charge is 2.13. The summed E-state index contributed by atoms with van der Waals surface area (Å²) in [6.07, 6.45) is 2.47. The number of carboxylic acids is 1. The van der Waals surface area contributed by atoms with Crippen molar-refractivity contribution in [3.05, 3.63) is 58.9 Å². The normalized spacial score (nSPS) is 11.2. The molecule has 0 unspecified atom stereocenters. The van der Waals surface area contributed by atoms with Crippen LogP contribution >= 0.6 is 0 Å². The summed E-state index contributed by atoms with van der Waals surface area (Å²) in [5.41, 5.74) is 2.33. The average molecular weight is 277 g/mol. The Hall–Kier alpha value is -2.43. The largest absolute Gasteiger partial charge is 0.478 e. The number of carbonyl (C=O) groups is 1. The van der Waals surface area contributed by atoms with Gasteiger partial charge in [0, 0.05) is 23.5 Å². The van der Waals surface area contributed by atoms with Crippen molar-refractivity contribution in [1.29, 1.82) is 0 Å². The fourth-order valence-corrected chi connectivity index (χ4v) is 2.15. The number of rotatable bonds is 3. The fourth-order valence-electron chi connectivity index (χ4n) is 2.15. The Labute approximate surface area is 114 Å². The molecule has 1 N–H and O–H groups in total. The van der Waals surface area contributed by atoms with E-state index in [0.29, 0.717) is 11.3 Å². The van der Waals surface area contributed by atoms with Gasteiger partial charge in [-0.2, -0.15) is 0 Å². The molecule has 0 aliphatic carbocycles. The fraction of sp³-hybridized carbons (Fsp3) is 0.133. The molecule has 0 atom stereocenters. The standard InChI is InChI=1S/C15H13F2NO2/c1-9-7-11(3-6-15(19)20)10(2)18(9)14-5-4-12(16)8-13(14)17/h3-8H,1-2H3,(H,19,20)/b6-3+. The second-order valence-electron chi connectivity index (χ2n) is 4.43. The molecular formula is C15H13F2NO2. The Morgan fingerprint density at radius 3 is 2.55 bits per heavy atom. The number of aryl methyl sites for hydroxylation is 1. The van der Waals surface area contributed by atoms with E-state index in [2.05, 4.69) is 0 Å². The van der Waals surface area contributed by atoms with Crippen LogP contribution in [0.25, 0.3) is 11.8 Å². The summed E-state index contributed by atoms with van der Waals surface area (Å²) in [5, 5.41) is 8.64. The van der Waals surface area contributed by atoms with Crippen molar-refractivity contribution in [2.75, 3.05) is 0 Å². The van der Waals surface area contributed by atoms with Crippen LogP contribution in [-0.2, 0) is 4.79 Å². The molecule has 0 fully saturated rings. The molecule has 3 nitrogen and oxygen atoms in total. The molecule has 1 aromatic carbocycles. The van der Waals surface area contributed by atoms with E-state index in [0.717, 1.165) is 17.8 Å². The number of aliphatic carboxylic acids is 1. The van der Waals surface area contributed by atoms with Gasteiger partial charge < -0.3 is 9.67 Å². The van der Waals surface area contributed by atoms with Gasteiger partial charge in [0.05, 0.1) is 5.69 Å². The first-order valence-electron chi connectivity index (χ1n) is 5.95. The minimum Gasteiger partial charge on any atom is -0.478 e. The SMILES string of the molecule is Cc1cc(/C=C/C(=O)O)c(C)n1-c1ccc(F)cc1F. The minimum atomic E-state index is -1.05. The molecule has 0 radical (unpaired) electrons. The molecule has 2 rings (SSSR count). The van der Waals surface area contributed by atoms with Crippen LogP contribution in [0.1, 0.15) is 17.0 Å². The van der Waals surface area contributed by atoms with Gasteiger partial charge in [-0.25, -0.2) is 13.6 Å². The number of halogens is 2. The average Bonchev–Trinajstić information content (AvgIpc) is 2.63. The third kappa shape index (κ3) is 2.61. The number of nitrogens with zero attached hydrogens (tertiary/aromatic N) is 1. The first-order chi connectivity index (χ1) is 9.40. The predicted octanol–water partition coefficient (Wildman–Crippen LogP) is 3.47. The Kier molecular flexibility index (Phi) is 3.70. The molecule has 104 valence electrons. The number of hydrogen-bond donors (Lipinski definition) is 1. The van der Waals surface area contributed by atoms with Crippen LogP contribution in [0.4, 0.5) is 8.78 Å². The maximum atomic E-state index is 13.8. The highest BCUT2D eigenvalue weighted by atomic mass is 19.1. The van der Waals surface area contributed by atoms with Crippen LogP contribution in [0.2, 0.25) is 0 Å². The smallest absolute Gasteiger partial charge is 0.328 e. The summed E-state index contributed by atoms with van der Waals surface area (Å²) in [4.78, 5) is 10.5. The van der Waals surface area contributed by atoms with E-state index in [1.807, 2.05) is 0 Å². The third-order valence-electron chi connectivity index (χ3n) is 3.03. The number of carboxylic acid groups (broad SMARTS) is 1. The molecule has 0 aliphatic rings. The quantitative estimate of drug-likeness (QED) is 0.873. The number of hydrogen-bond acceptors (Lipinski definition) is 1. The van der Waals surface area contributed by atoms with Crippen LogP contribution in [0.3, 0.4) is 0 Å². The molecule has 0 spiro atoms. The summed E-state index contributed by atoms with van der Waals surface area (Å²) in [7, 11) is 0. The maximum Gasteiger partial charge on any atom is 0.328 e. The zero-order chi connectivity index (χ0) is 14.9. The van der Waals surface area contributed by atoms with Crippen molar-refractivity contribution in [1.82, 2.24) is 4.57 Å². The third-order valence-corrected chi connectivity index (χ3v) is 3.03. The van der Waals surface area contributed by atoms with Crippen LogP contribution in [0.15, 0.2) is 30.3 Å². The van der Waals surface area contributed by atoms with Gasteiger partial charge in [0.25, 0.3) is 0 Å². The highest BCUT2D eigenvalue weighted by molar-refractivity contribution is 5.85. The topological polar surface area (TPSA) is 42.2 Å². The Morgan fingerprint density at radius 2 is 1.95 bits per heavy atom. The molecule has 0 saturated carbocycles. The molecule has 2 aromatic rings. The molecule has 0 aliphatic heterocycles. The molecule has 0 saturated heterocycles. The summed E-state index contributed by atoms with van der Waals surface area (Å²) in [5.74, 6) is -2.36. The van der Waals surface area contributed by atoms with Gasteiger partial charge in [0.15, 0.2) is 0 Å². The van der Waals surface area contributed by atoms with E-state index in [-0.39, 0.29) is 5.69 Å². The van der Waals surface area contributed by atoms with E-state index in [1.165, 1.54) is 18.2 Å². The van der Waals surface area contributed by atoms with Crippen LogP contribution < -0.4 is 0 Å². The van der Waals surface area contributed by atoms with Gasteiger partial charge in [-0.3, -0.25) is 0 Å². The van der Waals surface area contributed by atoms with Gasteiger partial charge in [0.1, 0.15) is 11.6 Å². The van der Waals surface area contributed by atoms with Crippen LogP contribution in [-0.4, -0.2) is 15.6 Å². The zero-order valence-electron chi connectivity index (χ0n) is 11.0. The lowest BCUT2D eigenvalue weighted by molar-refractivity contribution is -0.131. The van der Waals surface area contributed by atoms with Crippen molar-refractivity contribution in [3.63, 3.8) is 0 Å². The van der Waals surface area contributed by atoms with Gasteiger partial charge in [-0.1, -0.05) is 0 Å². The molecule has 5 heteroatoms. The molecular weight excluding hydrogens is 264 g/mol. The lowest BCUT2D eigenvalue weighted by Gasteiger charge is -2.10. The number of aromatic nitrogens is 1. The number of benzene rings is 1. The second kappa shape index (κ2) is 5.28. The molecule has 1 heterocycles.